The number of nitrogens with zero attached hydrogens (tertiary/aromatic N) is 3. The first-order valence-electron chi connectivity index (χ1n) is 14.3. The van der Waals surface area contributed by atoms with Gasteiger partial charge in [0.2, 0.25) is 5.91 Å². The average Bonchev–Trinajstić information content (AvgIpc) is 3.69. The van der Waals surface area contributed by atoms with Crippen molar-refractivity contribution in [3.05, 3.63) is 76.9 Å². The zero-order valence-corrected chi connectivity index (χ0v) is 25.7. The van der Waals surface area contributed by atoms with E-state index in [2.05, 4.69) is 0 Å². The highest BCUT2D eigenvalue weighted by molar-refractivity contribution is 7.93. The first kappa shape index (κ1) is 29.9. The molecule has 3 aromatic rings. The molecule has 2 aliphatic heterocycles. The van der Waals surface area contributed by atoms with Gasteiger partial charge in [-0.2, -0.15) is 0 Å². The average molecular weight is 624 g/mol. The Hall–Kier alpha value is -4.16. The van der Waals surface area contributed by atoms with Crippen molar-refractivity contribution < 1.29 is 37.0 Å². The number of ether oxygens (including phenoxy) is 2. The van der Waals surface area contributed by atoms with Crippen LogP contribution in [-0.2, 0) is 38.0 Å². The van der Waals surface area contributed by atoms with E-state index in [1.54, 1.807) is 38.4 Å². The van der Waals surface area contributed by atoms with Gasteiger partial charge in [0.15, 0.2) is 5.54 Å². The molecule has 2 amide bonds. The number of phenols is 1. The van der Waals surface area contributed by atoms with E-state index < -0.39 is 39.6 Å². The van der Waals surface area contributed by atoms with Crippen molar-refractivity contribution in [1.29, 1.82) is 0 Å². The third kappa shape index (κ3) is 4.26. The molecule has 0 radical (unpaired) electrons. The summed E-state index contributed by atoms with van der Waals surface area (Å²) in [7, 11) is 1.17. The van der Waals surface area contributed by atoms with Crippen molar-refractivity contribution in [1.82, 2.24) is 9.80 Å². The molecule has 12 heteroatoms. The van der Waals surface area contributed by atoms with E-state index >= 15 is 9.18 Å². The van der Waals surface area contributed by atoms with Crippen LogP contribution in [0, 0.1) is 0 Å². The molecule has 0 spiro atoms. The number of phenolic OH excluding ortho intramolecular Hbond substituents is 1. The van der Waals surface area contributed by atoms with E-state index in [1.165, 1.54) is 54.4 Å². The molecule has 0 saturated carbocycles. The van der Waals surface area contributed by atoms with Crippen LogP contribution >= 0.6 is 0 Å². The second-order valence-corrected chi connectivity index (χ2v) is 13.3. The van der Waals surface area contributed by atoms with Gasteiger partial charge in [-0.15, -0.1) is 0 Å². The van der Waals surface area contributed by atoms with Crippen LogP contribution in [0.15, 0.2) is 59.5 Å². The van der Waals surface area contributed by atoms with E-state index in [9.17, 15) is 18.3 Å². The van der Waals surface area contributed by atoms with Gasteiger partial charge in [-0.05, 0) is 54.7 Å². The zero-order valence-electron chi connectivity index (χ0n) is 24.9. The number of anilines is 1. The molecule has 3 aliphatic rings. The molecule has 1 unspecified atom stereocenters. The van der Waals surface area contributed by atoms with Crippen LogP contribution in [0.3, 0.4) is 0 Å². The second kappa shape index (κ2) is 10.8. The monoisotopic (exact) mass is 623 g/mol. The molecule has 2 heterocycles. The van der Waals surface area contributed by atoms with Gasteiger partial charge in [0.25, 0.3) is 15.9 Å². The number of aryl methyl sites for hydroxylation is 2. The van der Waals surface area contributed by atoms with Gasteiger partial charge >= 0.3 is 0 Å². The molecule has 0 bridgehead atoms. The number of sulfonamides is 1. The molecule has 1 N–H and O–H groups in total. The molecule has 3 aromatic carbocycles. The molecule has 0 aromatic heterocycles. The molecule has 10 nitrogen and oxygen atoms in total. The SMILES string of the molecule is COc1ccc(S(=O)(=O)N2C(=O)C(c3ccccc3O)(N3C[C@H](F)C[C@H]3C(=O)N(C)C)c3cc4c(cc32)CCC4)c(OC)c1. The minimum atomic E-state index is -4.67. The highest BCUT2D eigenvalue weighted by Gasteiger charge is 2.64. The number of carbonyl (C=O) groups excluding carboxylic acids is 2. The Balaban J connectivity index is 1.69. The van der Waals surface area contributed by atoms with Gasteiger partial charge in [-0.25, -0.2) is 17.1 Å². The molecular formula is C32H34FN3O7S. The lowest BCUT2D eigenvalue weighted by Crippen LogP contribution is -2.59. The first-order chi connectivity index (χ1) is 21.0. The Morgan fingerprint density at radius 3 is 2.39 bits per heavy atom. The Morgan fingerprint density at radius 2 is 1.73 bits per heavy atom. The summed E-state index contributed by atoms with van der Waals surface area (Å²) in [5.74, 6) is -1.35. The van der Waals surface area contributed by atoms with Gasteiger partial charge in [0.1, 0.15) is 28.3 Å². The second-order valence-electron chi connectivity index (χ2n) is 11.5. The van der Waals surface area contributed by atoms with Crippen LogP contribution in [0.5, 0.6) is 17.2 Å². The van der Waals surface area contributed by atoms with Crippen molar-refractivity contribution >= 4 is 27.5 Å². The fourth-order valence-corrected chi connectivity index (χ4v) is 8.52. The van der Waals surface area contributed by atoms with Gasteiger partial charge in [-0.3, -0.25) is 14.5 Å². The lowest BCUT2D eigenvalue weighted by atomic mass is 9.80. The minimum absolute atomic E-state index is 0.0365. The van der Waals surface area contributed by atoms with Gasteiger partial charge in [0, 0.05) is 44.3 Å². The van der Waals surface area contributed by atoms with Crippen LogP contribution in [0.25, 0.3) is 0 Å². The predicted molar refractivity (Wildman–Crippen MR) is 160 cm³/mol. The number of methoxy groups -OCH3 is 2. The van der Waals surface area contributed by atoms with Crippen LogP contribution in [0.4, 0.5) is 10.1 Å². The lowest BCUT2D eigenvalue weighted by Gasteiger charge is -2.41. The number of para-hydroxylation sites is 1. The van der Waals surface area contributed by atoms with Gasteiger partial charge in [0.05, 0.1) is 25.9 Å². The standard InChI is InChI=1S/C32H34FN3O7S/c1-34(2)30(38)26-16-21(33)18-35(26)32(23-10-5-6-11-27(23)37)24-14-19-8-7-9-20(19)15-25(24)36(31(32)39)44(40,41)29-13-12-22(42-3)17-28(29)43-4/h5-6,10-15,17,21,26,37H,7-9,16,18H2,1-4H3/t21-,26+,32?/m1/s1. The Kier molecular flexibility index (Phi) is 7.32. The van der Waals surface area contributed by atoms with E-state index in [4.69, 9.17) is 9.47 Å². The van der Waals surface area contributed by atoms with Gasteiger partial charge in [-0.1, -0.05) is 24.3 Å². The van der Waals surface area contributed by atoms with Crippen molar-refractivity contribution in [2.75, 3.05) is 39.2 Å². The fourth-order valence-electron chi connectivity index (χ4n) is 6.93. The number of carbonyl (C=O) groups is 2. The van der Waals surface area contributed by atoms with Crippen LogP contribution < -0.4 is 13.8 Å². The summed E-state index contributed by atoms with van der Waals surface area (Å²) in [5.41, 5.74) is 0.222. The molecule has 1 fully saturated rings. The number of alkyl halides is 1. The maximum Gasteiger partial charge on any atom is 0.274 e. The Labute approximate surface area is 255 Å². The number of rotatable bonds is 7. The molecular weight excluding hydrogens is 589 g/mol. The number of likely N-dealkylation sites (N-methyl/N-ethyl adjacent to an activating group) is 1. The van der Waals surface area contributed by atoms with Crippen molar-refractivity contribution in [3.63, 3.8) is 0 Å². The number of amides is 2. The highest BCUT2D eigenvalue weighted by Crippen LogP contribution is 2.56. The summed E-state index contributed by atoms with van der Waals surface area (Å²) < 4.78 is 56.1. The highest BCUT2D eigenvalue weighted by atomic mass is 32.2. The van der Waals surface area contributed by atoms with Crippen LogP contribution in [-0.4, -0.2) is 82.2 Å². The molecule has 6 rings (SSSR count). The smallest absolute Gasteiger partial charge is 0.274 e. The zero-order chi connectivity index (χ0) is 31.6. The van der Waals surface area contributed by atoms with Crippen LogP contribution in [0.1, 0.15) is 35.1 Å². The van der Waals surface area contributed by atoms with Crippen molar-refractivity contribution in [2.45, 2.75) is 48.3 Å². The number of hydrogen-bond donors (Lipinski definition) is 1. The number of likely N-dealkylation sites (tertiary alicyclic amines) is 1. The summed E-state index contributed by atoms with van der Waals surface area (Å²) in [6.45, 7) is -0.333. The minimum Gasteiger partial charge on any atom is -0.508 e. The molecule has 1 saturated heterocycles. The first-order valence-corrected chi connectivity index (χ1v) is 15.8. The summed E-state index contributed by atoms with van der Waals surface area (Å²) in [6, 6.07) is 12.7. The number of halogens is 1. The van der Waals surface area contributed by atoms with E-state index in [1.807, 2.05) is 0 Å². The summed E-state index contributed by atoms with van der Waals surface area (Å²) in [6.07, 6.45) is 0.562. The summed E-state index contributed by atoms with van der Waals surface area (Å²) >= 11 is 0. The predicted octanol–water partition coefficient (Wildman–Crippen LogP) is 3.38. The number of aromatic hydroxyl groups is 1. The summed E-state index contributed by atoms with van der Waals surface area (Å²) in [4.78, 5) is 31.3. The van der Waals surface area contributed by atoms with E-state index in [0.717, 1.165) is 21.9 Å². The quantitative estimate of drug-likeness (QED) is 0.426. The van der Waals surface area contributed by atoms with E-state index in [0.29, 0.717) is 18.6 Å². The van der Waals surface area contributed by atoms with Crippen molar-refractivity contribution in [2.24, 2.45) is 0 Å². The molecule has 3 atom stereocenters. The Bertz CT molecular complexity index is 1780. The third-order valence-electron chi connectivity index (χ3n) is 8.90. The van der Waals surface area contributed by atoms with Crippen molar-refractivity contribution in [3.8, 4) is 17.2 Å². The maximum atomic E-state index is 15.4. The molecule has 1 aliphatic carbocycles. The third-order valence-corrected chi connectivity index (χ3v) is 10.6. The molecule has 44 heavy (non-hydrogen) atoms. The number of hydrogen-bond acceptors (Lipinski definition) is 8. The molecule has 232 valence electrons. The normalized spacial score (nSPS) is 23.0. The van der Waals surface area contributed by atoms with Gasteiger partial charge < -0.3 is 19.5 Å². The largest absolute Gasteiger partial charge is 0.508 e. The number of benzene rings is 3. The van der Waals surface area contributed by atoms with E-state index in [-0.39, 0.29) is 46.2 Å². The van der Waals surface area contributed by atoms with Crippen LogP contribution in [0.2, 0.25) is 0 Å². The lowest BCUT2D eigenvalue weighted by molar-refractivity contribution is -0.138. The summed E-state index contributed by atoms with van der Waals surface area (Å²) in [5, 5.41) is 11.3. The topological polar surface area (TPSA) is 117 Å². The number of fused-ring (bicyclic) bond motifs is 2. The maximum absolute atomic E-state index is 15.4. The Morgan fingerprint density at radius 1 is 1.02 bits per heavy atom. The fraction of sp³-hybridized carbons (Fsp3) is 0.375.